The zero-order valence-corrected chi connectivity index (χ0v) is 12.5. The van der Waals surface area contributed by atoms with E-state index in [0.29, 0.717) is 19.0 Å². The van der Waals surface area contributed by atoms with Crippen molar-refractivity contribution in [2.24, 2.45) is 5.92 Å². The minimum atomic E-state index is -0.771. The van der Waals surface area contributed by atoms with Gasteiger partial charge in [-0.3, -0.25) is 4.79 Å². The van der Waals surface area contributed by atoms with Crippen LogP contribution in [0, 0.1) is 5.92 Å². The molecule has 21 heavy (non-hydrogen) atoms. The van der Waals surface area contributed by atoms with E-state index in [1.54, 1.807) is 0 Å². The predicted molar refractivity (Wildman–Crippen MR) is 82.5 cm³/mol. The van der Waals surface area contributed by atoms with E-state index < -0.39 is 5.97 Å². The van der Waals surface area contributed by atoms with Crippen molar-refractivity contribution < 1.29 is 14.6 Å². The van der Waals surface area contributed by atoms with Gasteiger partial charge in [-0.15, -0.1) is 0 Å². The van der Waals surface area contributed by atoms with Crippen LogP contribution in [0.5, 0.6) is 5.75 Å². The Morgan fingerprint density at radius 3 is 2.86 bits per heavy atom. The number of nitrogens with one attached hydrogen (secondary N) is 1. The number of carboxylic acid groups (broad SMARTS) is 1. The van der Waals surface area contributed by atoms with Crippen LogP contribution in [0.1, 0.15) is 44.1 Å². The number of ether oxygens (including phenoxy) is 1. The van der Waals surface area contributed by atoms with Crippen molar-refractivity contribution in [1.29, 1.82) is 0 Å². The first-order valence-electron chi connectivity index (χ1n) is 7.88. The van der Waals surface area contributed by atoms with E-state index in [4.69, 9.17) is 9.84 Å². The van der Waals surface area contributed by atoms with Crippen LogP contribution in [0.2, 0.25) is 0 Å². The van der Waals surface area contributed by atoms with Crippen LogP contribution < -0.4 is 10.1 Å². The van der Waals surface area contributed by atoms with E-state index in [2.05, 4.69) is 5.32 Å². The van der Waals surface area contributed by atoms with Crippen LogP contribution in [0.3, 0.4) is 0 Å². The van der Waals surface area contributed by atoms with E-state index in [-0.39, 0.29) is 6.42 Å². The van der Waals surface area contributed by atoms with Crippen LogP contribution >= 0.6 is 0 Å². The van der Waals surface area contributed by atoms with Crippen molar-refractivity contribution in [3.63, 3.8) is 0 Å². The van der Waals surface area contributed by atoms with Crippen LogP contribution in [-0.2, 0) is 11.3 Å². The number of hydrogen-bond donors (Lipinski definition) is 2. The second-order valence-electron chi connectivity index (χ2n) is 5.78. The highest BCUT2D eigenvalue weighted by Crippen LogP contribution is 2.24. The lowest BCUT2D eigenvalue weighted by molar-refractivity contribution is -0.136. The van der Waals surface area contributed by atoms with Gasteiger partial charge in [0.2, 0.25) is 0 Å². The average Bonchev–Trinajstić information content (AvgIpc) is 2.51. The van der Waals surface area contributed by atoms with Gasteiger partial charge < -0.3 is 15.2 Å². The number of carbonyl (C=O) groups is 1. The van der Waals surface area contributed by atoms with Gasteiger partial charge in [-0.1, -0.05) is 31.4 Å². The molecule has 2 rings (SSSR count). The molecule has 0 aliphatic heterocycles. The quantitative estimate of drug-likeness (QED) is 0.722. The molecule has 1 aliphatic carbocycles. The van der Waals surface area contributed by atoms with Crippen molar-refractivity contribution in [2.45, 2.75) is 45.1 Å². The maximum Gasteiger partial charge on any atom is 0.304 e. The molecule has 1 saturated carbocycles. The molecule has 0 atom stereocenters. The van der Waals surface area contributed by atoms with Crippen molar-refractivity contribution in [1.82, 2.24) is 5.32 Å². The van der Waals surface area contributed by atoms with E-state index in [0.717, 1.165) is 17.9 Å². The molecule has 0 amide bonds. The first kappa shape index (κ1) is 15.8. The standard InChI is InChI=1S/C17H25NO3/c19-17(20)9-10-18-12-15-7-4-8-16(11-15)21-13-14-5-2-1-3-6-14/h4,7-8,11,14,18H,1-3,5-6,9-10,12-13H2,(H,19,20). The van der Waals surface area contributed by atoms with E-state index in [1.165, 1.54) is 32.1 Å². The molecule has 0 spiro atoms. The zero-order valence-electron chi connectivity index (χ0n) is 12.5. The average molecular weight is 291 g/mol. The van der Waals surface area contributed by atoms with Crippen molar-refractivity contribution in [2.75, 3.05) is 13.2 Å². The summed E-state index contributed by atoms with van der Waals surface area (Å²) in [6, 6.07) is 8.05. The third-order valence-corrected chi connectivity index (χ3v) is 3.95. The Labute approximate surface area is 126 Å². The topological polar surface area (TPSA) is 58.6 Å². The van der Waals surface area contributed by atoms with Crippen LogP contribution in [0.4, 0.5) is 0 Å². The third-order valence-electron chi connectivity index (χ3n) is 3.95. The first-order chi connectivity index (χ1) is 10.2. The molecule has 4 heteroatoms. The minimum Gasteiger partial charge on any atom is -0.493 e. The van der Waals surface area contributed by atoms with Crippen molar-refractivity contribution >= 4 is 5.97 Å². The summed E-state index contributed by atoms with van der Waals surface area (Å²) in [7, 11) is 0. The van der Waals surface area contributed by atoms with E-state index in [9.17, 15) is 4.79 Å². The maximum absolute atomic E-state index is 10.4. The lowest BCUT2D eigenvalue weighted by Crippen LogP contribution is -2.18. The number of carboxylic acids is 1. The van der Waals surface area contributed by atoms with Crippen molar-refractivity contribution in [3.05, 3.63) is 29.8 Å². The summed E-state index contributed by atoms with van der Waals surface area (Å²) < 4.78 is 5.91. The van der Waals surface area contributed by atoms with Gasteiger partial charge in [-0.05, 0) is 36.5 Å². The van der Waals surface area contributed by atoms with Gasteiger partial charge in [0.25, 0.3) is 0 Å². The lowest BCUT2D eigenvalue weighted by Gasteiger charge is -2.21. The van der Waals surface area contributed by atoms with E-state index in [1.807, 2.05) is 24.3 Å². The fourth-order valence-electron chi connectivity index (χ4n) is 2.74. The molecule has 4 nitrogen and oxygen atoms in total. The predicted octanol–water partition coefficient (Wildman–Crippen LogP) is 3.21. The molecule has 1 aliphatic rings. The summed E-state index contributed by atoms with van der Waals surface area (Å²) in [5, 5.41) is 11.7. The monoisotopic (exact) mass is 291 g/mol. The van der Waals surface area contributed by atoms with E-state index >= 15 is 0 Å². The third kappa shape index (κ3) is 6.17. The van der Waals surface area contributed by atoms with Gasteiger partial charge in [0, 0.05) is 13.1 Å². The van der Waals surface area contributed by atoms with Gasteiger partial charge in [0.05, 0.1) is 13.0 Å². The SMILES string of the molecule is O=C(O)CCNCc1cccc(OCC2CCCCC2)c1. The molecule has 1 aromatic rings. The summed E-state index contributed by atoms with van der Waals surface area (Å²) in [4.78, 5) is 10.4. The molecule has 0 aromatic heterocycles. The second kappa shape index (κ2) is 8.67. The fraction of sp³-hybridized carbons (Fsp3) is 0.588. The fourth-order valence-corrected chi connectivity index (χ4v) is 2.74. The zero-order chi connectivity index (χ0) is 14.9. The minimum absolute atomic E-state index is 0.151. The smallest absolute Gasteiger partial charge is 0.304 e. The highest BCUT2D eigenvalue weighted by atomic mass is 16.5. The highest BCUT2D eigenvalue weighted by molar-refractivity contribution is 5.66. The lowest BCUT2D eigenvalue weighted by atomic mass is 9.90. The molecule has 116 valence electrons. The summed E-state index contributed by atoms with van der Waals surface area (Å²) in [5.41, 5.74) is 1.13. The molecule has 0 saturated heterocycles. The number of rotatable bonds is 8. The van der Waals surface area contributed by atoms with Crippen LogP contribution in [0.25, 0.3) is 0 Å². The summed E-state index contributed by atoms with van der Waals surface area (Å²) in [6.07, 6.45) is 6.77. The molecule has 2 N–H and O–H groups in total. The summed E-state index contributed by atoms with van der Waals surface area (Å²) in [6.45, 7) is 1.98. The Morgan fingerprint density at radius 1 is 1.29 bits per heavy atom. The van der Waals surface area contributed by atoms with Crippen LogP contribution in [-0.4, -0.2) is 24.2 Å². The normalized spacial score (nSPS) is 15.8. The van der Waals surface area contributed by atoms with Crippen molar-refractivity contribution in [3.8, 4) is 5.75 Å². The molecular formula is C17H25NO3. The van der Waals surface area contributed by atoms with Gasteiger partial charge in [-0.25, -0.2) is 0 Å². The largest absolute Gasteiger partial charge is 0.493 e. The Balaban J connectivity index is 1.73. The number of benzene rings is 1. The first-order valence-corrected chi connectivity index (χ1v) is 7.88. The summed E-state index contributed by atoms with van der Waals surface area (Å²) >= 11 is 0. The molecule has 0 radical (unpaired) electrons. The molecule has 0 bridgehead atoms. The van der Waals surface area contributed by atoms with Gasteiger partial charge in [0.1, 0.15) is 5.75 Å². The molecule has 0 heterocycles. The summed E-state index contributed by atoms with van der Waals surface area (Å²) in [5.74, 6) is 0.848. The van der Waals surface area contributed by atoms with Gasteiger partial charge in [-0.2, -0.15) is 0 Å². The highest BCUT2D eigenvalue weighted by Gasteiger charge is 2.13. The maximum atomic E-state index is 10.4. The number of hydrogen-bond acceptors (Lipinski definition) is 3. The molecule has 1 aromatic carbocycles. The molecule has 1 fully saturated rings. The Kier molecular flexibility index (Phi) is 6.54. The number of aliphatic carboxylic acids is 1. The molecular weight excluding hydrogens is 266 g/mol. The van der Waals surface area contributed by atoms with Crippen LogP contribution in [0.15, 0.2) is 24.3 Å². The Bertz CT molecular complexity index is 441. The van der Waals surface area contributed by atoms with Gasteiger partial charge >= 0.3 is 5.97 Å². The Hall–Kier alpha value is -1.55. The Morgan fingerprint density at radius 2 is 2.10 bits per heavy atom. The second-order valence-corrected chi connectivity index (χ2v) is 5.78. The van der Waals surface area contributed by atoms with Gasteiger partial charge in [0.15, 0.2) is 0 Å². The molecule has 0 unspecified atom stereocenters.